The lowest BCUT2D eigenvalue weighted by Crippen LogP contribution is -2.32. The topological polar surface area (TPSA) is 41.1 Å². The second-order valence-corrected chi connectivity index (χ2v) is 4.38. The van der Waals surface area contributed by atoms with Crippen LogP contribution in [-0.2, 0) is 4.79 Å². The van der Waals surface area contributed by atoms with Crippen molar-refractivity contribution in [3.05, 3.63) is 37.3 Å². The van der Waals surface area contributed by atoms with E-state index in [1.165, 1.54) is 0 Å². The standard InChI is InChI=1S/C12H17N2O/c1-12(2,3)9-11(15)14-13-10-7-5-4-6-8-10/h4-8,13H,1,9H2,2-3H3,(H,14,15). The highest BCUT2D eigenvalue weighted by Crippen LogP contribution is 2.17. The molecule has 0 aromatic heterocycles. The first-order valence-corrected chi connectivity index (χ1v) is 4.93. The summed E-state index contributed by atoms with van der Waals surface area (Å²) in [6.07, 6.45) is 0.396. The van der Waals surface area contributed by atoms with Crippen LogP contribution in [0.15, 0.2) is 30.3 Å². The van der Waals surface area contributed by atoms with Crippen molar-refractivity contribution < 1.29 is 4.79 Å². The summed E-state index contributed by atoms with van der Waals surface area (Å²) in [7, 11) is 0. The summed E-state index contributed by atoms with van der Waals surface area (Å²) in [4.78, 5) is 11.4. The van der Waals surface area contributed by atoms with Gasteiger partial charge in [-0.05, 0) is 24.5 Å². The number of anilines is 1. The molecule has 0 bridgehead atoms. The number of benzene rings is 1. The van der Waals surface area contributed by atoms with Crippen LogP contribution in [-0.4, -0.2) is 5.91 Å². The molecule has 0 fully saturated rings. The van der Waals surface area contributed by atoms with Gasteiger partial charge in [-0.25, -0.2) is 0 Å². The molecule has 0 unspecified atom stereocenters. The smallest absolute Gasteiger partial charge is 0.238 e. The third kappa shape index (κ3) is 5.05. The lowest BCUT2D eigenvalue weighted by atomic mass is 9.92. The van der Waals surface area contributed by atoms with E-state index in [-0.39, 0.29) is 11.3 Å². The molecular weight excluding hydrogens is 188 g/mol. The maximum absolute atomic E-state index is 11.4. The van der Waals surface area contributed by atoms with Gasteiger partial charge < -0.3 is 0 Å². The highest BCUT2D eigenvalue weighted by atomic mass is 16.2. The van der Waals surface area contributed by atoms with Crippen molar-refractivity contribution in [1.29, 1.82) is 0 Å². The fourth-order valence-corrected chi connectivity index (χ4v) is 1.14. The third-order valence-electron chi connectivity index (χ3n) is 1.76. The number of rotatable bonds is 4. The van der Waals surface area contributed by atoms with Crippen molar-refractivity contribution >= 4 is 11.6 Å². The fourth-order valence-electron chi connectivity index (χ4n) is 1.14. The summed E-state index contributed by atoms with van der Waals surface area (Å²) in [6.45, 7) is 7.73. The van der Waals surface area contributed by atoms with E-state index in [0.29, 0.717) is 6.42 Å². The molecule has 0 saturated carbocycles. The summed E-state index contributed by atoms with van der Waals surface area (Å²) in [5.41, 5.74) is 6.10. The molecule has 3 heteroatoms. The Bertz CT molecular complexity index is 314. The average molecular weight is 205 g/mol. The molecule has 0 aliphatic carbocycles. The number of hydrazine groups is 1. The largest absolute Gasteiger partial charge is 0.299 e. The van der Waals surface area contributed by atoms with E-state index in [1.54, 1.807) is 0 Å². The van der Waals surface area contributed by atoms with Gasteiger partial charge in [0, 0.05) is 6.42 Å². The zero-order chi connectivity index (χ0) is 11.3. The van der Waals surface area contributed by atoms with Crippen LogP contribution in [0.5, 0.6) is 0 Å². The van der Waals surface area contributed by atoms with Gasteiger partial charge in [-0.3, -0.25) is 15.6 Å². The van der Waals surface area contributed by atoms with Crippen LogP contribution >= 0.6 is 0 Å². The third-order valence-corrected chi connectivity index (χ3v) is 1.76. The number of carbonyl (C=O) groups is 1. The summed E-state index contributed by atoms with van der Waals surface area (Å²) < 4.78 is 0. The van der Waals surface area contributed by atoms with Gasteiger partial charge in [0.1, 0.15) is 0 Å². The first kappa shape index (κ1) is 11.6. The monoisotopic (exact) mass is 205 g/mol. The van der Waals surface area contributed by atoms with Gasteiger partial charge in [-0.2, -0.15) is 0 Å². The molecule has 2 N–H and O–H groups in total. The SMILES string of the molecule is [CH2]C(C)(C)CC(=O)NNc1ccccc1. The van der Waals surface area contributed by atoms with Crippen molar-refractivity contribution in [3.63, 3.8) is 0 Å². The summed E-state index contributed by atoms with van der Waals surface area (Å²) >= 11 is 0. The van der Waals surface area contributed by atoms with Gasteiger partial charge in [-0.1, -0.05) is 32.0 Å². The Balaban J connectivity index is 2.35. The zero-order valence-corrected chi connectivity index (χ0v) is 9.21. The highest BCUT2D eigenvalue weighted by molar-refractivity contribution is 5.78. The molecule has 15 heavy (non-hydrogen) atoms. The second kappa shape index (κ2) is 4.82. The number of hydrogen-bond donors (Lipinski definition) is 2. The number of nitrogens with one attached hydrogen (secondary N) is 2. The van der Waals surface area contributed by atoms with E-state index in [2.05, 4.69) is 17.8 Å². The van der Waals surface area contributed by atoms with E-state index in [1.807, 2.05) is 44.2 Å². The number of hydrogen-bond acceptors (Lipinski definition) is 2. The molecule has 1 amide bonds. The molecule has 3 nitrogen and oxygen atoms in total. The van der Waals surface area contributed by atoms with E-state index >= 15 is 0 Å². The summed E-state index contributed by atoms with van der Waals surface area (Å²) in [6, 6.07) is 9.50. The van der Waals surface area contributed by atoms with Crippen LogP contribution in [0.4, 0.5) is 5.69 Å². The minimum Gasteiger partial charge on any atom is -0.299 e. The predicted molar refractivity (Wildman–Crippen MR) is 62.0 cm³/mol. The van der Waals surface area contributed by atoms with Crippen LogP contribution in [0, 0.1) is 12.3 Å². The van der Waals surface area contributed by atoms with Crippen LogP contribution < -0.4 is 10.9 Å². The Labute approximate surface area is 90.9 Å². The Morgan fingerprint density at radius 2 is 1.93 bits per heavy atom. The van der Waals surface area contributed by atoms with E-state index in [9.17, 15) is 4.79 Å². The predicted octanol–water partition coefficient (Wildman–Crippen LogP) is 2.38. The summed E-state index contributed by atoms with van der Waals surface area (Å²) in [5, 5.41) is 0. The number of amides is 1. The van der Waals surface area contributed by atoms with Gasteiger partial charge in [0.25, 0.3) is 0 Å². The molecule has 0 atom stereocenters. The van der Waals surface area contributed by atoms with Crippen LogP contribution in [0.2, 0.25) is 0 Å². The molecule has 81 valence electrons. The Hall–Kier alpha value is -1.51. The molecule has 1 aromatic carbocycles. The molecule has 1 radical (unpaired) electrons. The highest BCUT2D eigenvalue weighted by Gasteiger charge is 2.15. The first-order valence-electron chi connectivity index (χ1n) is 4.93. The normalized spacial score (nSPS) is 10.9. The van der Waals surface area contributed by atoms with Gasteiger partial charge in [0.2, 0.25) is 5.91 Å². The Kier molecular flexibility index (Phi) is 3.72. The van der Waals surface area contributed by atoms with E-state index < -0.39 is 0 Å². The van der Waals surface area contributed by atoms with Gasteiger partial charge in [0.05, 0.1) is 5.69 Å². The minimum absolute atomic E-state index is 0.0566. The van der Waals surface area contributed by atoms with E-state index in [0.717, 1.165) is 5.69 Å². The molecule has 0 aliphatic rings. The quantitative estimate of drug-likeness (QED) is 0.741. The van der Waals surface area contributed by atoms with Crippen molar-refractivity contribution in [2.75, 3.05) is 5.43 Å². The molecule has 0 saturated heterocycles. The molecule has 0 spiro atoms. The van der Waals surface area contributed by atoms with Crippen LogP contribution in [0.3, 0.4) is 0 Å². The van der Waals surface area contributed by atoms with Gasteiger partial charge in [0.15, 0.2) is 0 Å². The first-order chi connectivity index (χ1) is 6.97. The van der Waals surface area contributed by atoms with Crippen molar-refractivity contribution in [1.82, 2.24) is 5.43 Å². The maximum Gasteiger partial charge on any atom is 0.238 e. The maximum atomic E-state index is 11.4. The van der Waals surface area contributed by atoms with Crippen molar-refractivity contribution in [3.8, 4) is 0 Å². The zero-order valence-electron chi connectivity index (χ0n) is 9.21. The van der Waals surface area contributed by atoms with Crippen LogP contribution in [0.1, 0.15) is 20.3 Å². The molecule has 1 aromatic rings. The minimum atomic E-state index is -0.234. The lowest BCUT2D eigenvalue weighted by Gasteiger charge is -2.17. The Morgan fingerprint density at radius 1 is 1.33 bits per heavy atom. The molecule has 0 aliphatic heterocycles. The van der Waals surface area contributed by atoms with Gasteiger partial charge >= 0.3 is 0 Å². The average Bonchev–Trinajstić information content (AvgIpc) is 2.14. The molecule has 1 rings (SSSR count). The Morgan fingerprint density at radius 3 is 2.47 bits per heavy atom. The lowest BCUT2D eigenvalue weighted by molar-refractivity contribution is -0.122. The van der Waals surface area contributed by atoms with Crippen molar-refractivity contribution in [2.24, 2.45) is 5.41 Å². The number of carbonyl (C=O) groups excluding carboxylic acids is 1. The van der Waals surface area contributed by atoms with Crippen molar-refractivity contribution in [2.45, 2.75) is 20.3 Å². The second-order valence-electron chi connectivity index (χ2n) is 4.38. The number of para-hydroxylation sites is 1. The molecular formula is C12H17N2O. The van der Waals surface area contributed by atoms with Crippen LogP contribution in [0.25, 0.3) is 0 Å². The van der Waals surface area contributed by atoms with Gasteiger partial charge in [-0.15, -0.1) is 0 Å². The summed E-state index contributed by atoms with van der Waals surface area (Å²) in [5.74, 6) is -0.0566. The molecule has 0 heterocycles. The van der Waals surface area contributed by atoms with E-state index in [4.69, 9.17) is 0 Å². The fraction of sp³-hybridized carbons (Fsp3) is 0.333.